The number of thioether (sulfide) groups is 1. The quantitative estimate of drug-likeness (QED) is 0.816. The third-order valence-electron chi connectivity index (χ3n) is 1.68. The first-order valence-corrected chi connectivity index (χ1v) is 4.86. The number of halogens is 2. The SMILES string of the molecule is COc1cc(O)c(SC(F)F)cc1OC. The number of hydrogen-bond donors (Lipinski definition) is 1. The second-order valence-corrected chi connectivity index (χ2v) is 3.59. The monoisotopic (exact) mass is 236 g/mol. The van der Waals surface area contributed by atoms with Crippen molar-refractivity contribution >= 4 is 11.8 Å². The van der Waals surface area contributed by atoms with Crippen LogP contribution in [0.2, 0.25) is 0 Å². The number of methoxy groups -OCH3 is 2. The fourth-order valence-corrected chi connectivity index (χ4v) is 1.59. The molecule has 0 aromatic heterocycles. The van der Waals surface area contributed by atoms with Crippen molar-refractivity contribution in [1.82, 2.24) is 0 Å². The number of aromatic hydroxyl groups is 1. The number of alkyl halides is 2. The van der Waals surface area contributed by atoms with Crippen LogP contribution in [0.3, 0.4) is 0 Å². The summed E-state index contributed by atoms with van der Waals surface area (Å²) in [5, 5.41) is 9.40. The molecule has 6 heteroatoms. The van der Waals surface area contributed by atoms with Gasteiger partial charge in [-0.05, 0) is 0 Å². The third-order valence-corrected chi connectivity index (χ3v) is 2.44. The highest BCUT2D eigenvalue weighted by molar-refractivity contribution is 7.99. The summed E-state index contributed by atoms with van der Waals surface area (Å²) in [6.07, 6.45) is 0. The number of ether oxygens (including phenoxy) is 2. The van der Waals surface area contributed by atoms with Crippen LogP contribution in [0.15, 0.2) is 17.0 Å². The van der Waals surface area contributed by atoms with E-state index < -0.39 is 5.76 Å². The standard InChI is InChI=1S/C9H10F2O3S/c1-13-6-3-5(12)8(15-9(10)11)4-7(6)14-2/h3-4,9,12H,1-2H3. The summed E-state index contributed by atoms with van der Waals surface area (Å²) in [6.45, 7) is 0. The molecule has 1 aromatic rings. The first kappa shape index (κ1) is 11.9. The summed E-state index contributed by atoms with van der Waals surface area (Å²) in [5.74, 6) is -2.24. The Labute approximate surface area is 90.0 Å². The molecule has 0 aliphatic heterocycles. The molecule has 15 heavy (non-hydrogen) atoms. The second-order valence-electron chi connectivity index (χ2n) is 2.55. The van der Waals surface area contributed by atoms with Crippen LogP contribution >= 0.6 is 11.8 Å². The minimum atomic E-state index is -2.59. The zero-order chi connectivity index (χ0) is 11.4. The van der Waals surface area contributed by atoms with Gasteiger partial charge in [-0.1, -0.05) is 11.8 Å². The van der Waals surface area contributed by atoms with Crippen LogP contribution in [0.25, 0.3) is 0 Å². The topological polar surface area (TPSA) is 38.7 Å². The van der Waals surface area contributed by atoms with E-state index in [2.05, 4.69) is 0 Å². The van der Waals surface area contributed by atoms with Crippen LogP contribution < -0.4 is 9.47 Å². The highest BCUT2D eigenvalue weighted by Gasteiger charge is 2.14. The fraction of sp³-hybridized carbons (Fsp3) is 0.333. The van der Waals surface area contributed by atoms with E-state index in [0.29, 0.717) is 11.5 Å². The van der Waals surface area contributed by atoms with Gasteiger partial charge in [0.1, 0.15) is 5.75 Å². The maximum atomic E-state index is 12.1. The minimum absolute atomic E-state index is 0.0580. The summed E-state index contributed by atoms with van der Waals surface area (Å²) in [5.41, 5.74) is 0. The molecule has 0 saturated heterocycles. The average molecular weight is 236 g/mol. The van der Waals surface area contributed by atoms with Gasteiger partial charge in [0.05, 0.1) is 19.1 Å². The van der Waals surface area contributed by atoms with E-state index in [1.165, 1.54) is 26.4 Å². The molecule has 0 saturated carbocycles. The molecule has 1 aromatic carbocycles. The van der Waals surface area contributed by atoms with Crippen molar-refractivity contribution in [3.05, 3.63) is 12.1 Å². The first-order valence-electron chi connectivity index (χ1n) is 3.98. The fourth-order valence-electron chi connectivity index (χ4n) is 1.04. The van der Waals surface area contributed by atoms with E-state index in [4.69, 9.17) is 9.47 Å². The lowest BCUT2D eigenvalue weighted by Gasteiger charge is -2.10. The van der Waals surface area contributed by atoms with E-state index >= 15 is 0 Å². The van der Waals surface area contributed by atoms with Gasteiger partial charge in [-0.25, -0.2) is 0 Å². The summed E-state index contributed by atoms with van der Waals surface area (Å²) in [6, 6.07) is 2.55. The van der Waals surface area contributed by atoms with E-state index in [9.17, 15) is 13.9 Å². The van der Waals surface area contributed by atoms with Crippen molar-refractivity contribution in [1.29, 1.82) is 0 Å². The van der Waals surface area contributed by atoms with Crippen molar-refractivity contribution in [2.45, 2.75) is 10.7 Å². The van der Waals surface area contributed by atoms with Crippen LogP contribution in [-0.4, -0.2) is 25.1 Å². The third kappa shape index (κ3) is 2.89. The molecule has 0 heterocycles. The lowest BCUT2D eigenvalue weighted by molar-refractivity contribution is 0.251. The molecule has 3 nitrogen and oxygen atoms in total. The Kier molecular flexibility index (Phi) is 4.02. The largest absolute Gasteiger partial charge is 0.507 e. The van der Waals surface area contributed by atoms with Crippen LogP contribution in [0.4, 0.5) is 8.78 Å². The van der Waals surface area contributed by atoms with Gasteiger partial charge < -0.3 is 14.6 Å². The van der Waals surface area contributed by atoms with Crippen LogP contribution in [-0.2, 0) is 0 Å². The summed E-state index contributed by atoms with van der Waals surface area (Å²) in [4.78, 5) is 0.0580. The lowest BCUT2D eigenvalue weighted by Crippen LogP contribution is -1.92. The van der Waals surface area contributed by atoms with Gasteiger partial charge in [0.15, 0.2) is 11.5 Å². The molecule has 0 unspecified atom stereocenters. The molecule has 0 radical (unpaired) electrons. The molecule has 1 rings (SSSR count). The van der Waals surface area contributed by atoms with Crippen LogP contribution in [0, 0.1) is 0 Å². The lowest BCUT2D eigenvalue weighted by atomic mass is 10.3. The molecule has 1 N–H and O–H groups in total. The first-order chi connectivity index (χ1) is 7.08. The normalized spacial score (nSPS) is 10.5. The molecule has 0 aliphatic carbocycles. The molecular formula is C9H10F2O3S. The molecule has 0 fully saturated rings. The summed E-state index contributed by atoms with van der Waals surface area (Å²) < 4.78 is 34.0. The summed E-state index contributed by atoms with van der Waals surface area (Å²) >= 11 is 0.255. The average Bonchev–Trinajstić information content (AvgIpc) is 2.19. The van der Waals surface area contributed by atoms with Gasteiger partial charge in [0, 0.05) is 12.1 Å². The number of benzene rings is 1. The van der Waals surface area contributed by atoms with Crippen molar-refractivity contribution in [2.75, 3.05) is 14.2 Å². The summed E-state index contributed by atoms with van der Waals surface area (Å²) in [7, 11) is 2.79. The molecule has 0 amide bonds. The highest BCUT2D eigenvalue weighted by atomic mass is 32.2. The van der Waals surface area contributed by atoms with Crippen molar-refractivity contribution in [2.24, 2.45) is 0 Å². The molecule has 0 aliphatic rings. The maximum absolute atomic E-state index is 12.1. The zero-order valence-electron chi connectivity index (χ0n) is 8.16. The van der Waals surface area contributed by atoms with Gasteiger partial charge in [-0.3, -0.25) is 0 Å². The van der Waals surface area contributed by atoms with Gasteiger partial charge >= 0.3 is 0 Å². The molecular weight excluding hydrogens is 226 g/mol. The van der Waals surface area contributed by atoms with Crippen LogP contribution in [0.5, 0.6) is 17.2 Å². The predicted molar refractivity (Wildman–Crippen MR) is 53.1 cm³/mol. The molecule has 0 atom stereocenters. The molecule has 84 valence electrons. The second kappa shape index (κ2) is 5.06. The Morgan fingerprint density at radius 2 is 1.73 bits per heavy atom. The molecule has 0 spiro atoms. The zero-order valence-corrected chi connectivity index (χ0v) is 8.98. The minimum Gasteiger partial charge on any atom is -0.507 e. The van der Waals surface area contributed by atoms with Gasteiger partial charge in [-0.2, -0.15) is 8.78 Å². The Morgan fingerprint density at radius 3 is 2.20 bits per heavy atom. The number of phenolic OH excluding ortho intramolecular Hbond substituents is 1. The smallest absolute Gasteiger partial charge is 0.289 e. The number of hydrogen-bond acceptors (Lipinski definition) is 4. The van der Waals surface area contributed by atoms with Crippen molar-refractivity contribution in [3.8, 4) is 17.2 Å². The van der Waals surface area contributed by atoms with E-state index in [-0.39, 0.29) is 22.4 Å². The van der Waals surface area contributed by atoms with Gasteiger partial charge in [-0.15, -0.1) is 0 Å². The molecule has 0 bridgehead atoms. The van der Waals surface area contributed by atoms with Gasteiger partial charge in [0.25, 0.3) is 5.76 Å². The van der Waals surface area contributed by atoms with E-state index in [1.54, 1.807) is 0 Å². The Bertz CT molecular complexity index is 344. The van der Waals surface area contributed by atoms with E-state index in [0.717, 1.165) is 0 Å². The predicted octanol–water partition coefficient (Wildman–Crippen LogP) is 2.72. The van der Waals surface area contributed by atoms with Gasteiger partial charge in [0.2, 0.25) is 0 Å². The number of phenols is 1. The van der Waals surface area contributed by atoms with E-state index in [1.807, 2.05) is 0 Å². The Morgan fingerprint density at radius 1 is 1.20 bits per heavy atom. The van der Waals surface area contributed by atoms with Crippen molar-refractivity contribution < 1.29 is 23.4 Å². The number of rotatable bonds is 4. The Hall–Kier alpha value is -1.17. The van der Waals surface area contributed by atoms with Crippen molar-refractivity contribution in [3.63, 3.8) is 0 Å². The van der Waals surface area contributed by atoms with Crippen LogP contribution in [0.1, 0.15) is 0 Å². The highest BCUT2D eigenvalue weighted by Crippen LogP contribution is 2.40. The maximum Gasteiger partial charge on any atom is 0.289 e. The Balaban J connectivity index is 3.08.